The zero-order valence-corrected chi connectivity index (χ0v) is 22.5. The van der Waals surface area contributed by atoms with Gasteiger partial charge in [0.1, 0.15) is 18.4 Å². The molecule has 0 unspecified atom stereocenters. The Bertz CT molecular complexity index is 1320. The molecule has 0 saturated carbocycles. The van der Waals surface area contributed by atoms with Gasteiger partial charge in [0.25, 0.3) is 0 Å². The highest BCUT2D eigenvalue weighted by Crippen LogP contribution is 2.29. The second-order valence-electron chi connectivity index (χ2n) is 7.86. The summed E-state index contributed by atoms with van der Waals surface area (Å²) in [7, 11) is -1.89. The first-order valence-electron chi connectivity index (χ1n) is 11.4. The number of alkyl halides is 3. The van der Waals surface area contributed by atoms with E-state index in [4.69, 9.17) is 30.5 Å². The Labute approximate surface area is 232 Å². The molecule has 5 N–H and O–H groups in total. The summed E-state index contributed by atoms with van der Waals surface area (Å²) in [5.74, 6) is -3.99. The molecule has 1 atom stereocenters. The third-order valence-corrected chi connectivity index (χ3v) is 6.33. The molecule has 0 saturated heterocycles. The Kier molecular flexibility index (Phi) is 11.8. The molecule has 226 valence electrons. The summed E-state index contributed by atoms with van der Waals surface area (Å²) in [6.45, 7) is 0.406. The van der Waals surface area contributed by atoms with Gasteiger partial charge in [-0.25, -0.2) is 27.8 Å². The van der Waals surface area contributed by atoms with Crippen molar-refractivity contribution >= 4 is 27.9 Å². The van der Waals surface area contributed by atoms with Crippen LogP contribution in [0.2, 0.25) is 0 Å². The fourth-order valence-electron chi connectivity index (χ4n) is 2.99. The number of nitrogens with one attached hydrogen (secondary N) is 1. The van der Waals surface area contributed by atoms with Crippen molar-refractivity contribution in [3.05, 3.63) is 48.0 Å². The van der Waals surface area contributed by atoms with Gasteiger partial charge in [-0.15, -0.1) is 0 Å². The molecule has 2 aromatic rings. The number of oxime groups is 1. The number of sulfonamides is 1. The standard InChI is InChI=1S/C23H27F3N4O10S/c1-35-18-9-8-16(13-19(18)36-2)41(33,34)30-17(20(31)39-40-21(32)23(24,25)26)12-14-4-6-15(7-5-14)37-10-3-11-38-29-22(27)28/h4-9,13,17,30H,3,10-12H2,1-2H3,(H4,27,28,29)/t17-/m0/s1. The van der Waals surface area contributed by atoms with Crippen molar-refractivity contribution in [2.24, 2.45) is 16.6 Å². The number of carbonyl (C=O) groups is 2. The van der Waals surface area contributed by atoms with Gasteiger partial charge < -0.3 is 30.5 Å². The normalized spacial score (nSPS) is 12.0. The summed E-state index contributed by atoms with van der Waals surface area (Å²) in [6, 6.07) is 7.65. The second kappa shape index (κ2) is 14.8. The first kappa shape index (κ1) is 32.8. The summed E-state index contributed by atoms with van der Waals surface area (Å²) < 4.78 is 81.1. The van der Waals surface area contributed by atoms with Crippen molar-refractivity contribution in [1.82, 2.24) is 4.72 Å². The minimum Gasteiger partial charge on any atom is -0.493 e. The molecular weight excluding hydrogens is 581 g/mol. The number of nitrogens with zero attached hydrogens (tertiary/aromatic N) is 1. The average Bonchev–Trinajstić information content (AvgIpc) is 2.92. The maximum absolute atomic E-state index is 13.0. The van der Waals surface area contributed by atoms with Crippen LogP contribution in [0.4, 0.5) is 13.2 Å². The second-order valence-corrected chi connectivity index (χ2v) is 9.58. The van der Waals surface area contributed by atoms with Crippen LogP contribution in [0.5, 0.6) is 17.2 Å². The predicted molar refractivity (Wildman–Crippen MR) is 134 cm³/mol. The third-order valence-electron chi connectivity index (χ3n) is 4.86. The van der Waals surface area contributed by atoms with E-state index in [-0.39, 0.29) is 35.6 Å². The lowest BCUT2D eigenvalue weighted by atomic mass is 10.1. The van der Waals surface area contributed by atoms with E-state index >= 15 is 0 Å². The lowest BCUT2D eigenvalue weighted by molar-refractivity contribution is -0.286. The quantitative estimate of drug-likeness (QED) is 0.0909. The van der Waals surface area contributed by atoms with Gasteiger partial charge >= 0.3 is 18.1 Å². The molecule has 41 heavy (non-hydrogen) atoms. The van der Waals surface area contributed by atoms with Crippen LogP contribution in [-0.4, -0.2) is 66.0 Å². The zero-order chi connectivity index (χ0) is 30.6. The van der Waals surface area contributed by atoms with Crippen LogP contribution >= 0.6 is 0 Å². The minimum atomic E-state index is -5.46. The maximum Gasteiger partial charge on any atom is 0.495 e. The summed E-state index contributed by atoms with van der Waals surface area (Å²) in [4.78, 5) is 35.5. The molecule has 2 aromatic carbocycles. The molecule has 0 heterocycles. The largest absolute Gasteiger partial charge is 0.495 e. The van der Waals surface area contributed by atoms with Crippen LogP contribution in [0, 0.1) is 0 Å². The van der Waals surface area contributed by atoms with Gasteiger partial charge in [-0.2, -0.15) is 17.9 Å². The highest BCUT2D eigenvalue weighted by Gasteiger charge is 2.43. The molecular formula is C23H27F3N4O10S. The van der Waals surface area contributed by atoms with Crippen molar-refractivity contribution in [3.8, 4) is 17.2 Å². The summed E-state index contributed by atoms with van der Waals surface area (Å²) in [5, 5.41) is 3.35. The van der Waals surface area contributed by atoms with Crippen LogP contribution in [0.1, 0.15) is 12.0 Å². The number of benzene rings is 2. The van der Waals surface area contributed by atoms with Gasteiger partial charge in [0, 0.05) is 12.5 Å². The molecule has 0 aliphatic carbocycles. The molecule has 0 radical (unpaired) electrons. The molecule has 0 aliphatic rings. The molecule has 0 spiro atoms. The molecule has 0 amide bonds. The van der Waals surface area contributed by atoms with E-state index in [0.717, 1.165) is 12.1 Å². The minimum absolute atomic E-state index is 0.0481. The molecule has 14 nitrogen and oxygen atoms in total. The molecule has 0 fully saturated rings. The van der Waals surface area contributed by atoms with Crippen molar-refractivity contribution < 1.29 is 60.0 Å². The number of guanidine groups is 1. The van der Waals surface area contributed by atoms with Crippen LogP contribution in [-0.2, 0) is 40.6 Å². The van der Waals surface area contributed by atoms with E-state index in [9.17, 15) is 31.2 Å². The molecule has 2 rings (SSSR count). The monoisotopic (exact) mass is 608 g/mol. The van der Waals surface area contributed by atoms with E-state index in [1.54, 1.807) is 0 Å². The number of hydrogen-bond donors (Lipinski definition) is 3. The number of methoxy groups -OCH3 is 2. The Morgan fingerprint density at radius 3 is 2.22 bits per heavy atom. The number of hydrogen-bond acceptors (Lipinski definition) is 11. The average molecular weight is 609 g/mol. The SMILES string of the molecule is COc1ccc(S(=O)(=O)N[C@@H](Cc2ccc(OCCCON=C(N)N)cc2)C(=O)OOC(=O)C(F)(F)F)cc1OC. The van der Waals surface area contributed by atoms with Gasteiger partial charge in [-0.1, -0.05) is 12.1 Å². The van der Waals surface area contributed by atoms with Crippen LogP contribution in [0.15, 0.2) is 52.5 Å². The van der Waals surface area contributed by atoms with E-state index in [0.29, 0.717) is 17.7 Å². The van der Waals surface area contributed by atoms with E-state index < -0.39 is 40.6 Å². The summed E-state index contributed by atoms with van der Waals surface area (Å²) in [6.07, 6.45) is -5.44. The number of ether oxygens (including phenoxy) is 3. The fraction of sp³-hybridized carbons (Fsp3) is 0.348. The highest BCUT2D eigenvalue weighted by atomic mass is 32.2. The highest BCUT2D eigenvalue weighted by molar-refractivity contribution is 7.89. The number of carbonyl (C=O) groups excluding carboxylic acids is 2. The number of nitrogens with two attached hydrogens (primary N) is 2. The fourth-order valence-corrected chi connectivity index (χ4v) is 4.19. The van der Waals surface area contributed by atoms with Gasteiger partial charge in [-0.05, 0) is 41.4 Å². The van der Waals surface area contributed by atoms with Gasteiger partial charge in [0.15, 0.2) is 11.5 Å². The van der Waals surface area contributed by atoms with Crippen molar-refractivity contribution in [1.29, 1.82) is 0 Å². The molecule has 18 heteroatoms. The Morgan fingerprint density at radius 2 is 1.63 bits per heavy atom. The Balaban J connectivity index is 2.18. The van der Waals surface area contributed by atoms with Crippen molar-refractivity contribution in [3.63, 3.8) is 0 Å². The number of rotatable bonds is 14. The molecule has 0 bridgehead atoms. The van der Waals surface area contributed by atoms with Crippen molar-refractivity contribution in [2.45, 2.75) is 30.0 Å². The van der Waals surface area contributed by atoms with Gasteiger partial charge in [0.05, 0.1) is 25.7 Å². The van der Waals surface area contributed by atoms with Crippen LogP contribution < -0.4 is 30.4 Å². The summed E-state index contributed by atoms with van der Waals surface area (Å²) in [5.41, 5.74) is 10.6. The zero-order valence-electron chi connectivity index (χ0n) is 21.7. The predicted octanol–water partition coefficient (Wildman–Crippen LogP) is 1.13. The van der Waals surface area contributed by atoms with Gasteiger partial charge in [-0.3, -0.25) is 0 Å². The van der Waals surface area contributed by atoms with Crippen LogP contribution in [0.25, 0.3) is 0 Å². The topological polar surface area (TPSA) is 200 Å². The number of halogens is 3. The first-order valence-corrected chi connectivity index (χ1v) is 12.9. The lowest BCUT2D eigenvalue weighted by Gasteiger charge is -2.18. The molecule has 0 aromatic heterocycles. The van der Waals surface area contributed by atoms with Gasteiger partial charge in [0.2, 0.25) is 16.0 Å². The van der Waals surface area contributed by atoms with E-state index in [1.807, 2.05) is 4.72 Å². The molecule has 0 aliphatic heterocycles. The maximum atomic E-state index is 13.0. The lowest BCUT2D eigenvalue weighted by Crippen LogP contribution is -2.44. The first-order chi connectivity index (χ1) is 19.3. The van der Waals surface area contributed by atoms with Crippen LogP contribution in [0.3, 0.4) is 0 Å². The Hall–Kier alpha value is -4.45. The third kappa shape index (κ3) is 10.6. The van der Waals surface area contributed by atoms with Crippen molar-refractivity contribution in [2.75, 3.05) is 27.4 Å². The summed E-state index contributed by atoms with van der Waals surface area (Å²) >= 11 is 0. The van der Waals surface area contributed by atoms with E-state index in [1.165, 1.54) is 44.6 Å². The smallest absolute Gasteiger partial charge is 0.493 e. The Morgan fingerprint density at radius 1 is 0.976 bits per heavy atom. The van der Waals surface area contributed by atoms with E-state index in [2.05, 4.69) is 14.9 Å².